The Morgan fingerprint density at radius 3 is 2.18 bits per heavy atom. The van der Waals surface area contributed by atoms with Crippen molar-refractivity contribution in [3.05, 3.63) is 58.7 Å². The van der Waals surface area contributed by atoms with Crippen LogP contribution in [0.3, 0.4) is 0 Å². The van der Waals surface area contributed by atoms with E-state index in [0.717, 1.165) is 53.1 Å². The average Bonchev–Trinajstić information content (AvgIpc) is 2.67. The van der Waals surface area contributed by atoms with Gasteiger partial charge < -0.3 is 10.4 Å². The Balaban J connectivity index is 1.88. The maximum absolute atomic E-state index is 12.7. The zero-order valence-electron chi connectivity index (χ0n) is 15.1. The van der Waals surface area contributed by atoms with Crippen LogP contribution < -0.4 is 10.2 Å². The summed E-state index contributed by atoms with van der Waals surface area (Å²) in [5.41, 5.74) is 2.18. The van der Waals surface area contributed by atoms with Crippen molar-refractivity contribution in [1.29, 1.82) is 0 Å². The van der Waals surface area contributed by atoms with Gasteiger partial charge in [0, 0.05) is 18.3 Å². The number of nitrogens with zero attached hydrogens (tertiary/aromatic N) is 1. The fourth-order valence-electron chi connectivity index (χ4n) is 3.39. The topological polar surface area (TPSA) is 69.6 Å². The second kappa shape index (κ2) is 7.53. The lowest BCUT2D eigenvalue weighted by molar-refractivity contribution is -0.137. The average molecular weight is 392 g/mol. The van der Waals surface area contributed by atoms with E-state index in [-0.39, 0.29) is 5.56 Å². The number of hydrogen-bond donors (Lipinski definition) is 2. The molecule has 0 unspecified atom stereocenters. The summed E-state index contributed by atoms with van der Waals surface area (Å²) >= 11 is 0. The van der Waals surface area contributed by atoms with Gasteiger partial charge >= 0.3 is 12.3 Å². The van der Waals surface area contributed by atoms with E-state index >= 15 is 0 Å². The van der Waals surface area contributed by atoms with Gasteiger partial charge in [-0.2, -0.15) is 13.2 Å². The molecule has 1 aliphatic rings. The first-order chi connectivity index (χ1) is 13.2. The molecule has 3 rings (SSSR count). The van der Waals surface area contributed by atoms with Crippen LogP contribution in [0, 0.1) is 0 Å². The number of carboxylic acid groups (broad SMARTS) is 1. The second-order valence-corrected chi connectivity index (χ2v) is 6.67. The Kier molecular flexibility index (Phi) is 5.31. The molecule has 0 heterocycles. The highest BCUT2D eigenvalue weighted by molar-refractivity contribution is 6.05. The number of amides is 2. The van der Waals surface area contributed by atoms with Gasteiger partial charge in [0.15, 0.2) is 0 Å². The lowest BCUT2D eigenvalue weighted by Crippen LogP contribution is -2.26. The quantitative estimate of drug-likeness (QED) is 0.776. The minimum absolute atomic E-state index is 0.115. The van der Waals surface area contributed by atoms with Crippen LogP contribution >= 0.6 is 0 Å². The standard InChI is InChI=1S/C20H19F3N2O3/c1-25(19(27)28)17-11-10-16(14-4-2-3-5-15(14)17)24-18(26)12-6-8-13(9-7-12)20(21,22)23/h6-11H,2-5H2,1H3,(H,24,26)(H,27,28). The Labute approximate surface area is 159 Å². The zero-order chi connectivity index (χ0) is 20.5. The van der Waals surface area contributed by atoms with Crippen molar-refractivity contribution in [2.24, 2.45) is 0 Å². The summed E-state index contributed by atoms with van der Waals surface area (Å²) in [6.45, 7) is 0. The minimum Gasteiger partial charge on any atom is -0.465 e. The molecular formula is C20H19F3N2O3. The smallest absolute Gasteiger partial charge is 0.416 e. The number of hydrogen-bond acceptors (Lipinski definition) is 2. The summed E-state index contributed by atoms with van der Waals surface area (Å²) in [5, 5.41) is 12.0. The molecule has 2 amide bonds. The summed E-state index contributed by atoms with van der Waals surface area (Å²) in [4.78, 5) is 24.9. The van der Waals surface area contributed by atoms with Crippen LogP contribution in [-0.2, 0) is 19.0 Å². The lowest BCUT2D eigenvalue weighted by atomic mass is 9.88. The third-order valence-corrected chi connectivity index (χ3v) is 4.88. The van der Waals surface area contributed by atoms with Crippen molar-refractivity contribution in [2.45, 2.75) is 31.9 Å². The van der Waals surface area contributed by atoms with Gasteiger partial charge in [-0.1, -0.05) is 0 Å². The van der Waals surface area contributed by atoms with E-state index in [4.69, 9.17) is 0 Å². The van der Waals surface area contributed by atoms with Gasteiger partial charge in [-0.25, -0.2) is 4.79 Å². The fourth-order valence-corrected chi connectivity index (χ4v) is 3.39. The Morgan fingerprint density at radius 1 is 1.00 bits per heavy atom. The second-order valence-electron chi connectivity index (χ2n) is 6.67. The Hall–Kier alpha value is -3.03. The molecule has 0 fully saturated rings. The van der Waals surface area contributed by atoms with Crippen LogP contribution in [0.4, 0.5) is 29.3 Å². The van der Waals surface area contributed by atoms with E-state index < -0.39 is 23.7 Å². The van der Waals surface area contributed by atoms with Crippen LogP contribution in [-0.4, -0.2) is 24.2 Å². The van der Waals surface area contributed by atoms with Gasteiger partial charge in [0.05, 0.1) is 11.3 Å². The maximum Gasteiger partial charge on any atom is 0.416 e. The largest absolute Gasteiger partial charge is 0.465 e. The first kappa shape index (κ1) is 19.7. The highest BCUT2D eigenvalue weighted by Crippen LogP contribution is 2.35. The first-order valence-electron chi connectivity index (χ1n) is 8.78. The molecule has 2 aromatic rings. The predicted molar refractivity (Wildman–Crippen MR) is 98.9 cm³/mol. The van der Waals surface area contributed by atoms with Crippen LogP contribution in [0.25, 0.3) is 0 Å². The molecule has 0 spiro atoms. The molecule has 5 nitrogen and oxygen atoms in total. The van der Waals surface area contributed by atoms with Crippen LogP contribution in [0.5, 0.6) is 0 Å². The minimum atomic E-state index is -4.46. The molecule has 0 aliphatic heterocycles. The molecular weight excluding hydrogens is 373 g/mol. The van der Waals surface area contributed by atoms with Crippen molar-refractivity contribution in [3.8, 4) is 0 Å². The Bertz CT molecular complexity index is 908. The lowest BCUT2D eigenvalue weighted by Gasteiger charge is -2.26. The monoisotopic (exact) mass is 392 g/mol. The summed E-state index contributed by atoms with van der Waals surface area (Å²) < 4.78 is 38.0. The van der Waals surface area contributed by atoms with Crippen LogP contribution in [0.15, 0.2) is 36.4 Å². The Morgan fingerprint density at radius 2 is 1.61 bits per heavy atom. The maximum atomic E-state index is 12.7. The molecule has 0 atom stereocenters. The molecule has 0 saturated carbocycles. The summed E-state index contributed by atoms with van der Waals surface area (Å²) in [6, 6.07) is 7.29. The van der Waals surface area contributed by atoms with Crippen molar-refractivity contribution in [1.82, 2.24) is 0 Å². The highest BCUT2D eigenvalue weighted by atomic mass is 19.4. The number of nitrogens with one attached hydrogen (secondary N) is 1. The molecule has 0 radical (unpaired) electrons. The van der Waals surface area contributed by atoms with Crippen molar-refractivity contribution in [2.75, 3.05) is 17.3 Å². The van der Waals surface area contributed by atoms with Gasteiger partial charge in [-0.3, -0.25) is 9.69 Å². The van der Waals surface area contributed by atoms with E-state index in [9.17, 15) is 27.9 Å². The van der Waals surface area contributed by atoms with Gasteiger partial charge in [0.2, 0.25) is 0 Å². The summed E-state index contributed by atoms with van der Waals surface area (Å²) in [5.74, 6) is -0.513. The number of benzene rings is 2. The number of carbonyl (C=O) groups is 2. The summed E-state index contributed by atoms with van der Waals surface area (Å²) in [7, 11) is 1.47. The zero-order valence-corrected chi connectivity index (χ0v) is 15.1. The molecule has 28 heavy (non-hydrogen) atoms. The molecule has 8 heteroatoms. The molecule has 0 saturated heterocycles. The fraction of sp³-hybridized carbons (Fsp3) is 0.300. The van der Waals surface area contributed by atoms with Crippen molar-refractivity contribution in [3.63, 3.8) is 0 Å². The summed E-state index contributed by atoms with van der Waals surface area (Å²) in [6.07, 6.45) is -2.31. The van der Waals surface area contributed by atoms with E-state index in [2.05, 4.69) is 5.32 Å². The van der Waals surface area contributed by atoms with E-state index in [1.807, 2.05) is 0 Å². The van der Waals surface area contributed by atoms with Crippen LogP contribution in [0.2, 0.25) is 0 Å². The third-order valence-electron chi connectivity index (χ3n) is 4.88. The first-order valence-corrected chi connectivity index (χ1v) is 8.78. The highest BCUT2D eigenvalue weighted by Gasteiger charge is 2.30. The van der Waals surface area contributed by atoms with E-state index in [1.54, 1.807) is 12.1 Å². The number of rotatable bonds is 3. The van der Waals surface area contributed by atoms with E-state index in [0.29, 0.717) is 24.2 Å². The predicted octanol–water partition coefficient (Wildman–Crippen LogP) is 4.95. The van der Waals surface area contributed by atoms with Gasteiger partial charge in [0.25, 0.3) is 5.91 Å². The third kappa shape index (κ3) is 3.95. The van der Waals surface area contributed by atoms with Gasteiger partial charge in [-0.15, -0.1) is 0 Å². The van der Waals surface area contributed by atoms with Gasteiger partial charge in [0.1, 0.15) is 0 Å². The number of carbonyl (C=O) groups excluding carboxylic acids is 1. The molecule has 2 N–H and O–H groups in total. The molecule has 2 aromatic carbocycles. The van der Waals surface area contributed by atoms with Gasteiger partial charge in [-0.05, 0) is 73.2 Å². The van der Waals surface area contributed by atoms with E-state index in [1.165, 1.54) is 7.05 Å². The number of alkyl halides is 3. The van der Waals surface area contributed by atoms with Crippen molar-refractivity contribution >= 4 is 23.4 Å². The number of fused-ring (bicyclic) bond motifs is 1. The normalized spacial score (nSPS) is 13.6. The number of halogens is 3. The molecule has 148 valence electrons. The van der Waals surface area contributed by atoms with Crippen molar-refractivity contribution < 1.29 is 27.9 Å². The molecule has 0 aromatic heterocycles. The number of anilines is 2. The van der Waals surface area contributed by atoms with Crippen LogP contribution in [0.1, 0.15) is 39.9 Å². The SMILES string of the molecule is CN(C(=O)O)c1ccc(NC(=O)c2ccc(C(F)(F)F)cc2)c2c1CCCC2. The molecule has 0 bridgehead atoms. The molecule has 1 aliphatic carbocycles.